The van der Waals surface area contributed by atoms with Gasteiger partial charge in [-0.25, -0.2) is 0 Å². The lowest BCUT2D eigenvalue weighted by Gasteiger charge is -2.16. The molecule has 0 spiro atoms. The van der Waals surface area contributed by atoms with Gasteiger partial charge in [0.25, 0.3) is 0 Å². The molecule has 0 aliphatic heterocycles. The zero-order chi connectivity index (χ0) is 12.1. The van der Waals surface area contributed by atoms with Crippen molar-refractivity contribution in [2.75, 3.05) is 33.5 Å². The Kier molecular flexibility index (Phi) is 12.9. The number of methoxy groups -OCH3 is 1. The molecule has 0 bridgehead atoms. The molecule has 0 fully saturated rings. The molecule has 0 aromatic carbocycles. The number of nitrogens with one attached hydrogen (secondary N) is 1. The van der Waals surface area contributed by atoms with Crippen LogP contribution in [0.4, 0.5) is 0 Å². The van der Waals surface area contributed by atoms with Crippen molar-refractivity contribution in [1.29, 1.82) is 0 Å². The van der Waals surface area contributed by atoms with E-state index in [0.29, 0.717) is 6.04 Å². The van der Waals surface area contributed by atoms with Gasteiger partial charge in [0.1, 0.15) is 0 Å². The highest BCUT2D eigenvalue weighted by molar-refractivity contribution is 4.63. The van der Waals surface area contributed by atoms with Crippen LogP contribution in [0, 0.1) is 0 Å². The van der Waals surface area contributed by atoms with Gasteiger partial charge in [0.2, 0.25) is 0 Å². The topological polar surface area (TPSA) is 30.5 Å². The van der Waals surface area contributed by atoms with Crippen molar-refractivity contribution in [3.05, 3.63) is 0 Å². The standard InChI is InChI=1S/C13H29NO2/c1-4-9-14-13(5-2)8-6-11-16-12-7-10-15-3/h13-14H,4-12H2,1-3H3. The van der Waals surface area contributed by atoms with E-state index in [9.17, 15) is 0 Å². The van der Waals surface area contributed by atoms with Crippen molar-refractivity contribution in [2.45, 2.75) is 52.0 Å². The Morgan fingerprint density at radius 3 is 2.44 bits per heavy atom. The largest absolute Gasteiger partial charge is 0.385 e. The molecule has 0 aromatic rings. The Hall–Kier alpha value is -0.120. The monoisotopic (exact) mass is 231 g/mol. The van der Waals surface area contributed by atoms with E-state index >= 15 is 0 Å². The Bertz CT molecular complexity index is 131. The minimum Gasteiger partial charge on any atom is -0.385 e. The number of rotatable bonds is 12. The minimum absolute atomic E-state index is 0.669. The van der Waals surface area contributed by atoms with Crippen LogP contribution in [0.1, 0.15) is 46.0 Å². The van der Waals surface area contributed by atoms with E-state index in [1.807, 2.05) is 0 Å². The lowest BCUT2D eigenvalue weighted by Crippen LogP contribution is -2.29. The van der Waals surface area contributed by atoms with Crippen LogP contribution in [-0.2, 0) is 9.47 Å². The summed E-state index contributed by atoms with van der Waals surface area (Å²) in [6.07, 6.45) is 5.80. The molecule has 16 heavy (non-hydrogen) atoms. The maximum Gasteiger partial charge on any atom is 0.0487 e. The van der Waals surface area contributed by atoms with E-state index in [2.05, 4.69) is 19.2 Å². The molecular weight excluding hydrogens is 202 g/mol. The van der Waals surface area contributed by atoms with Crippen molar-refractivity contribution >= 4 is 0 Å². The molecule has 98 valence electrons. The van der Waals surface area contributed by atoms with E-state index in [1.165, 1.54) is 19.3 Å². The van der Waals surface area contributed by atoms with Crippen LogP contribution in [0.25, 0.3) is 0 Å². The van der Waals surface area contributed by atoms with Crippen LogP contribution < -0.4 is 5.32 Å². The summed E-state index contributed by atoms with van der Waals surface area (Å²) in [5.41, 5.74) is 0. The first-order valence-electron chi connectivity index (χ1n) is 6.65. The van der Waals surface area contributed by atoms with Gasteiger partial charge in [-0.1, -0.05) is 13.8 Å². The van der Waals surface area contributed by atoms with Crippen LogP contribution in [0.15, 0.2) is 0 Å². The summed E-state index contributed by atoms with van der Waals surface area (Å²) in [7, 11) is 1.73. The van der Waals surface area contributed by atoms with Crippen molar-refractivity contribution in [2.24, 2.45) is 0 Å². The molecule has 1 atom stereocenters. The van der Waals surface area contributed by atoms with Crippen molar-refractivity contribution in [1.82, 2.24) is 5.32 Å². The van der Waals surface area contributed by atoms with Crippen LogP contribution in [0.3, 0.4) is 0 Å². The molecule has 0 aliphatic carbocycles. The lowest BCUT2D eigenvalue weighted by molar-refractivity contribution is 0.0989. The Morgan fingerprint density at radius 1 is 1.06 bits per heavy atom. The van der Waals surface area contributed by atoms with Crippen LogP contribution >= 0.6 is 0 Å². The van der Waals surface area contributed by atoms with Gasteiger partial charge in [0.05, 0.1) is 0 Å². The van der Waals surface area contributed by atoms with E-state index in [0.717, 1.165) is 39.2 Å². The molecule has 0 radical (unpaired) electrons. The van der Waals surface area contributed by atoms with Gasteiger partial charge in [0, 0.05) is 33.0 Å². The SMILES string of the molecule is CCCNC(CC)CCCOCCCOC. The lowest BCUT2D eigenvalue weighted by atomic mass is 10.1. The van der Waals surface area contributed by atoms with Crippen LogP contribution in [0.5, 0.6) is 0 Å². The van der Waals surface area contributed by atoms with Crippen LogP contribution in [-0.4, -0.2) is 39.5 Å². The van der Waals surface area contributed by atoms with E-state index < -0.39 is 0 Å². The second-order valence-electron chi connectivity index (χ2n) is 4.16. The first kappa shape index (κ1) is 15.9. The molecule has 0 aromatic heterocycles. The van der Waals surface area contributed by atoms with E-state index in [4.69, 9.17) is 9.47 Å². The van der Waals surface area contributed by atoms with Gasteiger partial charge in [-0.05, 0) is 38.6 Å². The average Bonchev–Trinajstić information content (AvgIpc) is 2.32. The average molecular weight is 231 g/mol. The first-order chi connectivity index (χ1) is 7.85. The molecule has 0 aliphatic rings. The van der Waals surface area contributed by atoms with Gasteiger partial charge in [-0.15, -0.1) is 0 Å². The second kappa shape index (κ2) is 12.9. The van der Waals surface area contributed by atoms with Crippen LogP contribution in [0.2, 0.25) is 0 Å². The Labute approximate surface area is 101 Å². The highest BCUT2D eigenvalue weighted by Gasteiger charge is 2.03. The second-order valence-corrected chi connectivity index (χ2v) is 4.16. The third-order valence-electron chi connectivity index (χ3n) is 2.65. The molecule has 0 rings (SSSR count). The smallest absolute Gasteiger partial charge is 0.0487 e. The fraction of sp³-hybridized carbons (Fsp3) is 1.00. The highest BCUT2D eigenvalue weighted by Crippen LogP contribution is 2.02. The summed E-state index contributed by atoms with van der Waals surface area (Å²) >= 11 is 0. The van der Waals surface area contributed by atoms with Gasteiger partial charge in [-0.2, -0.15) is 0 Å². The minimum atomic E-state index is 0.669. The predicted molar refractivity (Wildman–Crippen MR) is 68.9 cm³/mol. The number of hydrogen-bond donors (Lipinski definition) is 1. The molecule has 0 saturated carbocycles. The number of hydrogen-bond acceptors (Lipinski definition) is 3. The molecule has 1 unspecified atom stereocenters. The Morgan fingerprint density at radius 2 is 1.81 bits per heavy atom. The van der Waals surface area contributed by atoms with Gasteiger partial charge < -0.3 is 14.8 Å². The molecule has 3 nitrogen and oxygen atoms in total. The fourth-order valence-electron chi connectivity index (χ4n) is 1.64. The first-order valence-corrected chi connectivity index (χ1v) is 6.65. The summed E-state index contributed by atoms with van der Waals surface area (Å²) in [5.74, 6) is 0. The summed E-state index contributed by atoms with van der Waals surface area (Å²) in [6, 6.07) is 0.669. The molecular formula is C13H29NO2. The van der Waals surface area contributed by atoms with Crippen molar-refractivity contribution < 1.29 is 9.47 Å². The molecule has 0 heterocycles. The summed E-state index contributed by atoms with van der Waals surface area (Å²) < 4.78 is 10.5. The maximum atomic E-state index is 5.53. The van der Waals surface area contributed by atoms with E-state index in [1.54, 1.807) is 7.11 Å². The quantitative estimate of drug-likeness (QED) is 0.524. The van der Waals surface area contributed by atoms with Crippen molar-refractivity contribution in [3.63, 3.8) is 0 Å². The maximum absolute atomic E-state index is 5.53. The third kappa shape index (κ3) is 10.4. The Balaban J connectivity index is 3.20. The highest BCUT2D eigenvalue weighted by atomic mass is 16.5. The van der Waals surface area contributed by atoms with Gasteiger partial charge in [0.15, 0.2) is 0 Å². The van der Waals surface area contributed by atoms with Gasteiger partial charge >= 0.3 is 0 Å². The fourth-order valence-corrected chi connectivity index (χ4v) is 1.64. The summed E-state index contributed by atoms with van der Waals surface area (Å²) in [5, 5.41) is 3.55. The zero-order valence-electron chi connectivity index (χ0n) is 11.3. The van der Waals surface area contributed by atoms with Gasteiger partial charge in [-0.3, -0.25) is 0 Å². The summed E-state index contributed by atoms with van der Waals surface area (Å²) in [6.45, 7) is 8.09. The van der Waals surface area contributed by atoms with Crippen molar-refractivity contribution in [3.8, 4) is 0 Å². The summed E-state index contributed by atoms with van der Waals surface area (Å²) in [4.78, 5) is 0. The third-order valence-corrected chi connectivity index (χ3v) is 2.65. The molecule has 0 saturated heterocycles. The normalized spacial score (nSPS) is 12.9. The molecule has 1 N–H and O–H groups in total. The van der Waals surface area contributed by atoms with E-state index in [-0.39, 0.29) is 0 Å². The number of ether oxygens (including phenoxy) is 2. The zero-order valence-corrected chi connectivity index (χ0v) is 11.3. The molecule has 3 heteroatoms. The predicted octanol–water partition coefficient (Wildman–Crippen LogP) is 2.60. The molecule has 0 amide bonds.